The molecular formula is C24H26N6O3S. The number of β-lactam (4-membered cyclic amide) rings is 1. The number of carbonyl (C=O) groups excluding carboxylic acids is 3. The SMILES string of the molecule is CCC(NC(=O)N1C(=O)[C@H](Cc2ccnc(N)c2)[C@H]1C(=O)N(C)c1cnsc1)c1ccccc1. The highest BCUT2D eigenvalue weighted by molar-refractivity contribution is 7.04. The summed E-state index contributed by atoms with van der Waals surface area (Å²) < 4.78 is 4.05. The van der Waals surface area contributed by atoms with Crippen molar-refractivity contribution in [2.75, 3.05) is 17.7 Å². The Morgan fingerprint density at radius 2 is 2.03 bits per heavy atom. The van der Waals surface area contributed by atoms with Crippen LogP contribution in [0.2, 0.25) is 0 Å². The van der Waals surface area contributed by atoms with Gasteiger partial charge >= 0.3 is 6.03 Å². The van der Waals surface area contributed by atoms with Gasteiger partial charge < -0.3 is 16.0 Å². The van der Waals surface area contributed by atoms with E-state index in [1.54, 1.807) is 37.0 Å². The summed E-state index contributed by atoms with van der Waals surface area (Å²) in [5, 5.41) is 4.66. The smallest absolute Gasteiger partial charge is 0.325 e. The maximum atomic E-state index is 13.5. The van der Waals surface area contributed by atoms with E-state index in [9.17, 15) is 14.4 Å². The zero-order valence-corrected chi connectivity index (χ0v) is 19.7. The molecule has 9 nitrogen and oxygen atoms in total. The predicted octanol–water partition coefficient (Wildman–Crippen LogP) is 3.01. The van der Waals surface area contributed by atoms with Crippen LogP contribution in [0.25, 0.3) is 0 Å². The molecule has 3 atom stereocenters. The normalized spacial score (nSPS) is 18.2. The molecule has 1 unspecified atom stereocenters. The zero-order valence-electron chi connectivity index (χ0n) is 18.9. The number of nitrogens with one attached hydrogen (secondary N) is 1. The molecule has 1 aliphatic rings. The third kappa shape index (κ3) is 4.62. The monoisotopic (exact) mass is 478 g/mol. The highest BCUT2D eigenvalue weighted by atomic mass is 32.1. The number of likely N-dealkylation sites (tertiary alicyclic amines) is 1. The number of nitrogens with two attached hydrogens (primary N) is 1. The Morgan fingerprint density at radius 1 is 1.26 bits per heavy atom. The first kappa shape index (κ1) is 23.4. The van der Waals surface area contributed by atoms with E-state index in [-0.39, 0.29) is 18.4 Å². The standard InChI is InChI=1S/C24H26N6O3S/c1-3-19(16-7-5-4-6-8-16)28-24(33)30-21(23(32)29(2)17-13-27-34-14-17)18(22(30)31)11-15-9-10-26-20(25)12-15/h4-10,12-14,18-19,21H,3,11H2,1-2H3,(H2,25,26)(H,28,33)/t18-,19?,21+/m1/s1. The molecule has 3 N–H and O–H groups in total. The Morgan fingerprint density at radius 3 is 2.68 bits per heavy atom. The minimum atomic E-state index is -0.944. The second-order valence-electron chi connectivity index (χ2n) is 8.15. The number of aromatic nitrogens is 2. The third-order valence-electron chi connectivity index (χ3n) is 6.03. The molecule has 3 heterocycles. The fraction of sp³-hybridized carbons (Fsp3) is 0.292. The molecule has 176 valence electrons. The van der Waals surface area contributed by atoms with Gasteiger partial charge in [0, 0.05) is 18.6 Å². The van der Waals surface area contributed by atoms with E-state index in [1.165, 1.54) is 16.4 Å². The van der Waals surface area contributed by atoms with Gasteiger partial charge in [-0.05, 0) is 47.6 Å². The number of amides is 4. The lowest BCUT2D eigenvalue weighted by atomic mass is 9.81. The number of urea groups is 1. The van der Waals surface area contributed by atoms with Crippen LogP contribution in [0.5, 0.6) is 0 Å². The first-order chi connectivity index (χ1) is 16.4. The molecule has 2 aromatic heterocycles. The van der Waals surface area contributed by atoms with Crippen LogP contribution in [0.15, 0.2) is 60.2 Å². The van der Waals surface area contributed by atoms with Crippen LogP contribution < -0.4 is 16.0 Å². The van der Waals surface area contributed by atoms with E-state index in [0.717, 1.165) is 16.0 Å². The van der Waals surface area contributed by atoms with E-state index >= 15 is 0 Å². The van der Waals surface area contributed by atoms with Gasteiger partial charge in [-0.3, -0.25) is 14.5 Å². The Bertz CT molecular complexity index is 1170. The minimum absolute atomic E-state index is 0.275. The van der Waals surface area contributed by atoms with Crippen LogP contribution in [-0.4, -0.2) is 45.2 Å². The molecular weight excluding hydrogens is 452 g/mol. The van der Waals surface area contributed by atoms with Crippen molar-refractivity contribution in [3.8, 4) is 0 Å². The van der Waals surface area contributed by atoms with Crippen molar-refractivity contribution in [1.82, 2.24) is 19.6 Å². The van der Waals surface area contributed by atoms with Crippen molar-refractivity contribution in [2.45, 2.75) is 31.8 Å². The van der Waals surface area contributed by atoms with Gasteiger partial charge in [0.15, 0.2) is 0 Å². The van der Waals surface area contributed by atoms with E-state index in [4.69, 9.17) is 5.73 Å². The van der Waals surface area contributed by atoms with Crippen LogP contribution in [0.1, 0.15) is 30.5 Å². The summed E-state index contributed by atoms with van der Waals surface area (Å²) in [6.45, 7) is 1.95. The van der Waals surface area contributed by atoms with Gasteiger partial charge in [0.2, 0.25) is 5.91 Å². The molecule has 0 radical (unpaired) electrons. The Kier molecular flexibility index (Phi) is 6.87. The second-order valence-corrected chi connectivity index (χ2v) is 8.81. The van der Waals surface area contributed by atoms with E-state index < -0.39 is 23.9 Å². The quantitative estimate of drug-likeness (QED) is 0.504. The van der Waals surface area contributed by atoms with Gasteiger partial charge in [0.1, 0.15) is 11.9 Å². The minimum Gasteiger partial charge on any atom is -0.384 e. The maximum Gasteiger partial charge on any atom is 0.325 e. The summed E-state index contributed by atoms with van der Waals surface area (Å²) in [7, 11) is 1.62. The average molecular weight is 479 g/mol. The summed E-state index contributed by atoms with van der Waals surface area (Å²) >= 11 is 1.22. The fourth-order valence-electron chi connectivity index (χ4n) is 4.15. The van der Waals surface area contributed by atoms with Crippen LogP contribution in [0, 0.1) is 5.92 Å². The van der Waals surface area contributed by atoms with Crippen LogP contribution in [0.3, 0.4) is 0 Å². The van der Waals surface area contributed by atoms with Crippen molar-refractivity contribution in [3.63, 3.8) is 0 Å². The van der Waals surface area contributed by atoms with Crippen molar-refractivity contribution < 1.29 is 14.4 Å². The number of hydrogen-bond donors (Lipinski definition) is 2. The number of pyridine rings is 1. The molecule has 1 fully saturated rings. The van der Waals surface area contributed by atoms with Gasteiger partial charge in [0.05, 0.1) is 23.8 Å². The fourth-order valence-corrected chi connectivity index (χ4v) is 4.70. The van der Waals surface area contributed by atoms with Crippen LogP contribution in [-0.2, 0) is 16.0 Å². The number of nitrogens with zero attached hydrogens (tertiary/aromatic N) is 4. The number of hydrogen-bond acceptors (Lipinski definition) is 7. The molecule has 10 heteroatoms. The molecule has 0 bridgehead atoms. The largest absolute Gasteiger partial charge is 0.384 e. The number of nitrogen functional groups attached to an aromatic ring is 1. The number of benzene rings is 1. The topological polar surface area (TPSA) is 122 Å². The molecule has 4 amide bonds. The summed E-state index contributed by atoms with van der Waals surface area (Å²) in [6.07, 6.45) is 4.05. The Hall–Kier alpha value is -3.79. The second kappa shape index (κ2) is 10.0. The lowest BCUT2D eigenvalue weighted by Gasteiger charge is -2.46. The van der Waals surface area contributed by atoms with Gasteiger partial charge in [-0.15, -0.1) is 0 Å². The zero-order chi connectivity index (χ0) is 24.2. The first-order valence-electron chi connectivity index (χ1n) is 11.0. The summed E-state index contributed by atoms with van der Waals surface area (Å²) in [4.78, 5) is 46.3. The van der Waals surface area contributed by atoms with Crippen LogP contribution >= 0.6 is 11.5 Å². The van der Waals surface area contributed by atoms with Gasteiger partial charge in [0.25, 0.3) is 5.91 Å². The molecule has 34 heavy (non-hydrogen) atoms. The van der Waals surface area contributed by atoms with E-state index in [1.807, 2.05) is 37.3 Å². The Balaban J connectivity index is 1.58. The molecule has 0 aliphatic carbocycles. The molecule has 0 spiro atoms. The highest BCUT2D eigenvalue weighted by Gasteiger charge is 2.55. The summed E-state index contributed by atoms with van der Waals surface area (Å²) in [5.74, 6) is -1.11. The molecule has 0 saturated carbocycles. The number of imide groups is 1. The maximum absolute atomic E-state index is 13.5. The molecule has 3 aromatic rings. The number of rotatable bonds is 7. The van der Waals surface area contributed by atoms with Gasteiger partial charge in [-0.2, -0.15) is 4.37 Å². The van der Waals surface area contributed by atoms with E-state index in [0.29, 0.717) is 17.9 Å². The van der Waals surface area contributed by atoms with Gasteiger partial charge in [-0.1, -0.05) is 37.3 Å². The molecule has 1 saturated heterocycles. The molecule has 1 aliphatic heterocycles. The first-order valence-corrected chi connectivity index (χ1v) is 11.8. The molecule has 1 aromatic carbocycles. The lowest BCUT2D eigenvalue weighted by Crippen LogP contribution is -2.70. The Labute approximate surface area is 201 Å². The van der Waals surface area contributed by atoms with Gasteiger partial charge in [-0.25, -0.2) is 9.78 Å². The highest BCUT2D eigenvalue weighted by Crippen LogP contribution is 2.33. The van der Waals surface area contributed by atoms with E-state index in [2.05, 4.69) is 14.7 Å². The number of carbonyl (C=O) groups is 3. The van der Waals surface area contributed by atoms with Crippen molar-refractivity contribution in [2.24, 2.45) is 5.92 Å². The number of anilines is 2. The predicted molar refractivity (Wildman–Crippen MR) is 130 cm³/mol. The van der Waals surface area contributed by atoms with Crippen molar-refractivity contribution >= 4 is 40.9 Å². The third-order valence-corrected chi connectivity index (χ3v) is 6.61. The lowest BCUT2D eigenvalue weighted by molar-refractivity contribution is -0.156. The van der Waals surface area contributed by atoms with Crippen molar-refractivity contribution in [3.05, 3.63) is 71.4 Å². The van der Waals surface area contributed by atoms with Crippen LogP contribution in [0.4, 0.5) is 16.3 Å². The molecule has 4 rings (SSSR count). The number of likely N-dealkylation sites (N-methyl/N-ethyl adjacent to an activating group) is 1. The van der Waals surface area contributed by atoms with Crippen molar-refractivity contribution in [1.29, 1.82) is 0 Å². The average Bonchev–Trinajstić information content (AvgIpc) is 3.39. The summed E-state index contributed by atoms with van der Waals surface area (Å²) in [5.41, 5.74) is 8.10. The summed E-state index contributed by atoms with van der Waals surface area (Å²) in [6, 6.07) is 11.1.